The number of nitrogens with zero attached hydrogens (tertiary/aromatic N) is 1. The molecule has 84 valence electrons. The number of carbonyl (C=O) groups is 1. The highest BCUT2D eigenvalue weighted by Gasteiger charge is 2.17. The lowest BCUT2D eigenvalue weighted by Gasteiger charge is -2.19. The highest BCUT2D eigenvalue weighted by Crippen LogP contribution is 2.13. The summed E-state index contributed by atoms with van der Waals surface area (Å²) in [5.74, 6) is 1.13. The van der Waals surface area contributed by atoms with Crippen molar-refractivity contribution in [2.24, 2.45) is 5.92 Å². The maximum atomic E-state index is 11.7. The standard InChI is InChI=1S/C11H16ClNO2/c1-8(6-12)11(14)13(3)7-10-4-5-15-9(10)2/h4-5,8H,6-7H2,1-3H3. The fraction of sp³-hybridized carbons (Fsp3) is 0.545. The smallest absolute Gasteiger partial charge is 0.226 e. The van der Waals surface area contributed by atoms with Crippen LogP contribution in [0.15, 0.2) is 16.7 Å². The van der Waals surface area contributed by atoms with Gasteiger partial charge in [-0.1, -0.05) is 6.92 Å². The van der Waals surface area contributed by atoms with Crippen LogP contribution in [0.4, 0.5) is 0 Å². The Hall–Kier alpha value is -0.960. The summed E-state index contributed by atoms with van der Waals surface area (Å²) in [4.78, 5) is 13.4. The van der Waals surface area contributed by atoms with Gasteiger partial charge in [-0.15, -0.1) is 11.6 Å². The summed E-state index contributed by atoms with van der Waals surface area (Å²) in [5.41, 5.74) is 1.03. The topological polar surface area (TPSA) is 33.5 Å². The number of rotatable bonds is 4. The Morgan fingerprint density at radius 1 is 1.67 bits per heavy atom. The fourth-order valence-electron chi connectivity index (χ4n) is 1.35. The van der Waals surface area contributed by atoms with Crippen LogP contribution in [0.1, 0.15) is 18.2 Å². The highest BCUT2D eigenvalue weighted by molar-refractivity contribution is 6.19. The molecule has 0 aliphatic carbocycles. The molecule has 1 aromatic heterocycles. The van der Waals surface area contributed by atoms with Crippen LogP contribution in [0.5, 0.6) is 0 Å². The summed E-state index contributed by atoms with van der Waals surface area (Å²) in [6.45, 7) is 4.29. The molecule has 0 spiro atoms. The lowest BCUT2D eigenvalue weighted by atomic mass is 10.1. The number of amides is 1. The second-order valence-corrected chi connectivity index (χ2v) is 4.06. The van der Waals surface area contributed by atoms with Gasteiger partial charge in [0.1, 0.15) is 5.76 Å². The summed E-state index contributed by atoms with van der Waals surface area (Å²) in [7, 11) is 1.78. The molecule has 0 bridgehead atoms. The first-order valence-corrected chi connectivity index (χ1v) is 5.43. The third kappa shape index (κ3) is 2.99. The van der Waals surface area contributed by atoms with Crippen LogP contribution < -0.4 is 0 Å². The summed E-state index contributed by atoms with van der Waals surface area (Å²) in [6, 6.07) is 1.88. The van der Waals surface area contributed by atoms with Gasteiger partial charge in [-0.3, -0.25) is 4.79 Å². The van der Waals surface area contributed by atoms with Crippen molar-refractivity contribution in [3.05, 3.63) is 23.7 Å². The summed E-state index contributed by atoms with van der Waals surface area (Å²) in [5, 5.41) is 0. The van der Waals surface area contributed by atoms with Crippen molar-refractivity contribution in [2.75, 3.05) is 12.9 Å². The van der Waals surface area contributed by atoms with E-state index < -0.39 is 0 Å². The minimum Gasteiger partial charge on any atom is -0.469 e. The van der Waals surface area contributed by atoms with Crippen LogP contribution in [0.25, 0.3) is 0 Å². The molecular formula is C11H16ClNO2. The average molecular weight is 230 g/mol. The van der Waals surface area contributed by atoms with Gasteiger partial charge in [0.25, 0.3) is 0 Å². The molecule has 0 saturated carbocycles. The van der Waals surface area contributed by atoms with E-state index in [-0.39, 0.29) is 11.8 Å². The molecule has 0 aliphatic heterocycles. The maximum absolute atomic E-state index is 11.7. The van der Waals surface area contributed by atoms with Gasteiger partial charge < -0.3 is 9.32 Å². The van der Waals surface area contributed by atoms with Crippen LogP contribution in [-0.4, -0.2) is 23.7 Å². The van der Waals surface area contributed by atoms with Crippen molar-refractivity contribution in [3.8, 4) is 0 Å². The van der Waals surface area contributed by atoms with E-state index in [1.165, 1.54) is 0 Å². The minimum absolute atomic E-state index is 0.0607. The molecule has 15 heavy (non-hydrogen) atoms. The van der Waals surface area contributed by atoms with E-state index in [0.29, 0.717) is 12.4 Å². The monoisotopic (exact) mass is 229 g/mol. The lowest BCUT2D eigenvalue weighted by Crippen LogP contribution is -2.32. The zero-order chi connectivity index (χ0) is 11.4. The number of hydrogen-bond acceptors (Lipinski definition) is 2. The second-order valence-electron chi connectivity index (χ2n) is 3.75. The van der Waals surface area contributed by atoms with Crippen LogP contribution in [0.3, 0.4) is 0 Å². The van der Waals surface area contributed by atoms with Crippen LogP contribution in [-0.2, 0) is 11.3 Å². The Morgan fingerprint density at radius 2 is 2.33 bits per heavy atom. The maximum Gasteiger partial charge on any atom is 0.226 e. The van der Waals surface area contributed by atoms with Crippen LogP contribution in [0.2, 0.25) is 0 Å². The van der Waals surface area contributed by atoms with E-state index in [2.05, 4.69) is 0 Å². The minimum atomic E-state index is -0.135. The first-order valence-electron chi connectivity index (χ1n) is 4.90. The SMILES string of the molecule is Cc1occc1CN(C)C(=O)C(C)CCl. The molecule has 1 heterocycles. The number of furan rings is 1. The molecule has 1 unspecified atom stereocenters. The molecule has 1 atom stereocenters. The van der Waals surface area contributed by atoms with Crippen molar-refractivity contribution in [3.63, 3.8) is 0 Å². The Morgan fingerprint density at radius 3 is 2.80 bits per heavy atom. The van der Waals surface area contributed by atoms with Gasteiger partial charge in [0.2, 0.25) is 5.91 Å². The van der Waals surface area contributed by atoms with Crippen molar-refractivity contribution in [2.45, 2.75) is 20.4 Å². The van der Waals surface area contributed by atoms with Crippen molar-refractivity contribution in [1.29, 1.82) is 0 Å². The van der Waals surface area contributed by atoms with Crippen molar-refractivity contribution < 1.29 is 9.21 Å². The molecule has 4 heteroatoms. The number of aryl methyl sites for hydroxylation is 1. The zero-order valence-corrected chi connectivity index (χ0v) is 10.0. The molecule has 0 aromatic carbocycles. The van der Waals surface area contributed by atoms with Gasteiger partial charge >= 0.3 is 0 Å². The molecule has 0 aliphatic rings. The first kappa shape index (κ1) is 12.1. The quantitative estimate of drug-likeness (QED) is 0.743. The largest absolute Gasteiger partial charge is 0.469 e. The zero-order valence-electron chi connectivity index (χ0n) is 9.29. The molecular weight excluding hydrogens is 214 g/mol. The van der Waals surface area contributed by atoms with Gasteiger partial charge in [0, 0.05) is 31.0 Å². The normalized spacial score (nSPS) is 12.5. The number of alkyl halides is 1. The second kappa shape index (κ2) is 5.21. The molecule has 1 aromatic rings. The molecule has 1 amide bonds. The van der Waals surface area contributed by atoms with Crippen LogP contribution in [0, 0.1) is 12.8 Å². The van der Waals surface area contributed by atoms with E-state index in [1.807, 2.05) is 19.9 Å². The van der Waals surface area contributed by atoms with Crippen molar-refractivity contribution >= 4 is 17.5 Å². The van der Waals surface area contributed by atoms with Crippen LogP contribution >= 0.6 is 11.6 Å². The molecule has 0 fully saturated rings. The Kier molecular flexibility index (Phi) is 4.21. The van der Waals surface area contributed by atoms with E-state index in [0.717, 1.165) is 11.3 Å². The third-order valence-corrected chi connectivity index (χ3v) is 2.87. The Bertz CT molecular complexity index is 335. The lowest BCUT2D eigenvalue weighted by molar-refractivity contribution is -0.133. The summed E-state index contributed by atoms with van der Waals surface area (Å²) < 4.78 is 5.17. The number of carbonyl (C=O) groups excluding carboxylic acids is 1. The van der Waals surface area contributed by atoms with Gasteiger partial charge in [0.05, 0.1) is 6.26 Å². The number of halogens is 1. The third-order valence-electron chi connectivity index (χ3n) is 2.40. The molecule has 0 radical (unpaired) electrons. The predicted molar refractivity (Wildman–Crippen MR) is 59.8 cm³/mol. The van der Waals surface area contributed by atoms with E-state index >= 15 is 0 Å². The highest BCUT2D eigenvalue weighted by atomic mass is 35.5. The first-order chi connectivity index (χ1) is 7.06. The van der Waals surface area contributed by atoms with E-state index in [4.69, 9.17) is 16.0 Å². The van der Waals surface area contributed by atoms with Crippen molar-refractivity contribution in [1.82, 2.24) is 4.90 Å². The average Bonchev–Trinajstić information content (AvgIpc) is 2.62. The molecule has 0 N–H and O–H groups in total. The molecule has 1 rings (SSSR count). The predicted octanol–water partition coefficient (Wildman–Crippen LogP) is 2.42. The Labute approximate surface area is 95.0 Å². The fourth-order valence-corrected chi connectivity index (χ4v) is 1.48. The van der Waals surface area contributed by atoms with Gasteiger partial charge in [-0.2, -0.15) is 0 Å². The van der Waals surface area contributed by atoms with Gasteiger partial charge in [0.15, 0.2) is 0 Å². The van der Waals surface area contributed by atoms with E-state index in [9.17, 15) is 4.79 Å². The molecule has 0 saturated heterocycles. The number of hydrogen-bond donors (Lipinski definition) is 0. The van der Waals surface area contributed by atoms with Gasteiger partial charge in [-0.25, -0.2) is 0 Å². The van der Waals surface area contributed by atoms with E-state index in [1.54, 1.807) is 18.2 Å². The summed E-state index contributed by atoms with van der Waals surface area (Å²) >= 11 is 5.64. The molecule has 3 nitrogen and oxygen atoms in total. The van der Waals surface area contributed by atoms with Gasteiger partial charge in [-0.05, 0) is 13.0 Å². The Balaban J connectivity index is 2.60. The summed E-state index contributed by atoms with van der Waals surface area (Å²) in [6.07, 6.45) is 1.63.